The molecule has 2 rings (SSSR count). The van der Waals surface area contributed by atoms with Crippen LogP contribution < -0.4 is 11.1 Å². The lowest BCUT2D eigenvalue weighted by atomic mass is 10.1. The van der Waals surface area contributed by atoms with E-state index in [1.807, 2.05) is 6.92 Å². The monoisotopic (exact) mass is 311 g/mol. The second-order valence-corrected chi connectivity index (χ2v) is 7.36. The van der Waals surface area contributed by atoms with E-state index < -0.39 is 10.0 Å². The first-order chi connectivity index (χ1) is 9.80. The molecule has 1 aliphatic heterocycles. The number of anilines is 1. The molecule has 116 valence electrons. The maximum absolute atomic E-state index is 12.6. The van der Waals surface area contributed by atoms with E-state index in [1.165, 1.54) is 17.3 Å². The van der Waals surface area contributed by atoms with Crippen LogP contribution in [0.1, 0.15) is 25.3 Å². The van der Waals surface area contributed by atoms with Crippen LogP contribution in [0.5, 0.6) is 0 Å². The van der Waals surface area contributed by atoms with Gasteiger partial charge < -0.3 is 11.1 Å². The lowest BCUT2D eigenvalue weighted by molar-refractivity contribution is -0.119. The topological polar surface area (TPSA) is 92.5 Å². The number of sulfonamides is 1. The van der Waals surface area contributed by atoms with Crippen LogP contribution >= 0.6 is 0 Å². The summed E-state index contributed by atoms with van der Waals surface area (Å²) in [5, 5.41) is 2.79. The van der Waals surface area contributed by atoms with E-state index in [1.54, 1.807) is 12.1 Å². The van der Waals surface area contributed by atoms with Crippen molar-refractivity contribution >= 4 is 21.6 Å². The van der Waals surface area contributed by atoms with Crippen LogP contribution in [0.25, 0.3) is 0 Å². The van der Waals surface area contributed by atoms with Gasteiger partial charge in [-0.1, -0.05) is 6.07 Å². The van der Waals surface area contributed by atoms with Crippen LogP contribution in [0.4, 0.5) is 5.69 Å². The van der Waals surface area contributed by atoms with Gasteiger partial charge in [0.15, 0.2) is 0 Å². The fraction of sp³-hybridized carbons (Fsp3) is 0.500. The van der Waals surface area contributed by atoms with Gasteiger partial charge in [-0.15, -0.1) is 0 Å². The molecule has 0 spiro atoms. The molecule has 3 N–H and O–H groups in total. The standard InChI is InChI=1S/C14H21N3O3S/c1-10-5-6-13(8-14(10)15)21(19,20)17-7-3-4-12(9-17)16-11(2)18/h5-6,8,12H,3-4,7,9,15H2,1-2H3,(H,16,18). The molecule has 1 atom stereocenters. The van der Waals surface area contributed by atoms with E-state index >= 15 is 0 Å². The molecule has 1 heterocycles. The van der Waals surface area contributed by atoms with Gasteiger partial charge in [0.2, 0.25) is 15.9 Å². The Kier molecular flexibility index (Phi) is 4.53. The van der Waals surface area contributed by atoms with E-state index in [9.17, 15) is 13.2 Å². The number of nitrogens with zero attached hydrogens (tertiary/aromatic N) is 1. The average Bonchev–Trinajstić information content (AvgIpc) is 2.41. The first-order valence-corrected chi connectivity index (χ1v) is 8.38. The second kappa shape index (κ2) is 6.03. The first kappa shape index (κ1) is 15.8. The molecule has 0 aliphatic carbocycles. The predicted molar refractivity (Wildman–Crippen MR) is 81.2 cm³/mol. The van der Waals surface area contributed by atoms with Crippen molar-refractivity contribution in [1.82, 2.24) is 9.62 Å². The number of hydrogen-bond acceptors (Lipinski definition) is 4. The Morgan fingerprint density at radius 2 is 2.14 bits per heavy atom. The highest BCUT2D eigenvalue weighted by molar-refractivity contribution is 7.89. The number of nitrogen functional groups attached to an aromatic ring is 1. The van der Waals surface area contributed by atoms with Crippen molar-refractivity contribution in [2.45, 2.75) is 37.6 Å². The molecule has 21 heavy (non-hydrogen) atoms. The Morgan fingerprint density at radius 1 is 1.43 bits per heavy atom. The van der Waals surface area contributed by atoms with Gasteiger partial charge in [0.1, 0.15) is 0 Å². The van der Waals surface area contributed by atoms with Crippen molar-refractivity contribution in [3.8, 4) is 0 Å². The highest BCUT2D eigenvalue weighted by Crippen LogP contribution is 2.23. The molecule has 1 fully saturated rings. The van der Waals surface area contributed by atoms with Crippen molar-refractivity contribution in [3.63, 3.8) is 0 Å². The van der Waals surface area contributed by atoms with E-state index in [0.717, 1.165) is 18.4 Å². The summed E-state index contributed by atoms with van der Waals surface area (Å²) in [6.07, 6.45) is 1.52. The zero-order valence-electron chi connectivity index (χ0n) is 12.3. The summed E-state index contributed by atoms with van der Waals surface area (Å²) in [6, 6.07) is 4.64. The van der Waals surface area contributed by atoms with Crippen molar-refractivity contribution in [1.29, 1.82) is 0 Å². The Balaban J connectivity index is 2.22. The number of aryl methyl sites for hydroxylation is 1. The molecule has 6 nitrogen and oxygen atoms in total. The fourth-order valence-corrected chi connectivity index (χ4v) is 4.05. The largest absolute Gasteiger partial charge is 0.398 e. The third-order valence-electron chi connectivity index (χ3n) is 3.68. The molecular formula is C14H21N3O3S. The zero-order valence-corrected chi connectivity index (χ0v) is 13.1. The average molecular weight is 311 g/mol. The zero-order chi connectivity index (χ0) is 15.6. The minimum atomic E-state index is -3.57. The van der Waals surface area contributed by atoms with Crippen LogP contribution in [-0.4, -0.2) is 37.8 Å². The summed E-state index contributed by atoms with van der Waals surface area (Å²) in [4.78, 5) is 11.3. The summed E-state index contributed by atoms with van der Waals surface area (Å²) in [5.41, 5.74) is 7.12. The molecular weight excluding hydrogens is 290 g/mol. The minimum absolute atomic E-state index is 0.131. The van der Waals surface area contributed by atoms with Crippen LogP contribution in [0.2, 0.25) is 0 Å². The third-order valence-corrected chi connectivity index (χ3v) is 5.54. The lowest BCUT2D eigenvalue weighted by Gasteiger charge is -2.32. The molecule has 0 radical (unpaired) electrons. The van der Waals surface area contributed by atoms with Crippen molar-refractivity contribution in [3.05, 3.63) is 23.8 Å². The molecule has 1 saturated heterocycles. The Morgan fingerprint density at radius 3 is 2.76 bits per heavy atom. The highest BCUT2D eigenvalue weighted by Gasteiger charge is 2.30. The van der Waals surface area contributed by atoms with Crippen molar-refractivity contribution in [2.75, 3.05) is 18.8 Å². The first-order valence-electron chi connectivity index (χ1n) is 6.94. The molecule has 1 aromatic carbocycles. The van der Waals surface area contributed by atoms with Gasteiger partial charge in [0, 0.05) is 31.7 Å². The van der Waals surface area contributed by atoms with Crippen molar-refractivity contribution < 1.29 is 13.2 Å². The maximum atomic E-state index is 12.6. The number of hydrogen-bond donors (Lipinski definition) is 2. The minimum Gasteiger partial charge on any atom is -0.398 e. The normalized spacial score (nSPS) is 20.2. The molecule has 0 saturated carbocycles. The van der Waals surface area contributed by atoms with Crippen molar-refractivity contribution in [2.24, 2.45) is 0 Å². The Hall–Kier alpha value is -1.60. The number of carbonyl (C=O) groups is 1. The Labute approximate surface area is 125 Å². The number of nitrogens with two attached hydrogens (primary N) is 1. The molecule has 1 aromatic rings. The summed E-state index contributed by atoms with van der Waals surface area (Å²) in [6.45, 7) is 4.04. The van der Waals surface area contributed by atoms with Crippen LogP contribution in [0.15, 0.2) is 23.1 Å². The van der Waals surface area contributed by atoms with Crippen LogP contribution in [-0.2, 0) is 14.8 Å². The predicted octanol–water partition coefficient (Wildman–Crippen LogP) is 0.866. The number of benzene rings is 1. The quantitative estimate of drug-likeness (QED) is 0.810. The van der Waals surface area contributed by atoms with Crippen LogP contribution in [0.3, 0.4) is 0 Å². The maximum Gasteiger partial charge on any atom is 0.243 e. The molecule has 7 heteroatoms. The second-order valence-electron chi connectivity index (χ2n) is 5.42. The Bertz CT molecular complexity index is 643. The third kappa shape index (κ3) is 3.54. The molecule has 1 unspecified atom stereocenters. The number of piperidine rings is 1. The van der Waals surface area contributed by atoms with Gasteiger partial charge in [-0.05, 0) is 37.5 Å². The summed E-state index contributed by atoms with van der Waals surface area (Å²) < 4.78 is 26.7. The summed E-state index contributed by atoms with van der Waals surface area (Å²) in [5.74, 6) is -0.140. The number of nitrogens with one attached hydrogen (secondary N) is 1. The molecule has 0 bridgehead atoms. The summed E-state index contributed by atoms with van der Waals surface area (Å²) in [7, 11) is -3.57. The van der Waals surface area contributed by atoms with Gasteiger partial charge in [-0.25, -0.2) is 8.42 Å². The number of rotatable bonds is 3. The molecule has 1 aliphatic rings. The van der Waals surface area contributed by atoms with Gasteiger partial charge in [-0.2, -0.15) is 4.31 Å². The summed E-state index contributed by atoms with van der Waals surface area (Å²) >= 11 is 0. The SMILES string of the molecule is CC(=O)NC1CCCN(S(=O)(=O)c2ccc(C)c(N)c2)C1. The lowest BCUT2D eigenvalue weighted by Crippen LogP contribution is -2.49. The van der Waals surface area contributed by atoms with E-state index in [2.05, 4.69) is 5.32 Å². The highest BCUT2D eigenvalue weighted by atomic mass is 32.2. The van der Waals surface area contributed by atoms with E-state index in [0.29, 0.717) is 18.8 Å². The fourth-order valence-electron chi connectivity index (χ4n) is 2.49. The van der Waals surface area contributed by atoms with Crippen LogP contribution in [0, 0.1) is 6.92 Å². The molecule has 1 amide bonds. The van der Waals surface area contributed by atoms with E-state index in [4.69, 9.17) is 5.73 Å². The van der Waals surface area contributed by atoms with Gasteiger partial charge >= 0.3 is 0 Å². The number of carbonyl (C=O) groups excluding carboxylic acids is 1. The van der Waals surface area contributed by atoms with Gasteiger partial charge in [0.05, 0.1) is 4.90 Å². The van der Waals surface area contributed by atoms with E-state index in [-0.39, 0.29) is 16.8 Å². The smallest absolute Gasteiger partial charge is 0.243 e. The number of amides is 1. The van der Waals surface area contributed by atoms with Gasteiger partial charge in [0.25, 0.3) is 0 Å². The van der Waals surface area contributed by atoms with Gasteiger partial charge in [-0.3, -0.25) is 4.79 Å². The molecule has 0 aromatic heterocycles.